The molecule has 0 spiro atoms. The van der Waals surface area contributed by atoms with E-state index >= 15 is 0 Å². The first-order valence-corrected chi connectivity index (χ1v) is 3.13. The second kappa shape index (κ2) is 2.73. The summed E-state index contributed by atoms with van der Waals surface area (Å²) in [5.74, 6) is 0. The molecule has 1 rings (SSSR count). The summed E-state index contributed by atoms with van der Waals surface area (Å²) >= 11 is 3.11. The number of pyridine rings is 1. The molecule has 0 aliphatic carbocycles. The molecule has 9 heavy (non-hydrogen) atoms. The molecule has 0 bridgehead atoms. The van der Waals surface area contributed by atoms with E-state index in [1.54, 1.807) is 24.5 Å². The summed E-state index contributed by atoms with van der Waals surface area (Å²) in [5.41, 5.74) is 0.323. The largest absolute Gasteiger partial charge is 0.283 e. The van der Waals surface area contributed by atoms with Gasteiger partial charge in [-0.15, -0.1) is 0 Å². The number of halogens is 1. The molecule has 0 fully saturated rings. The van der Waals surface area contributed by atoms with Crippen molar-refractivity contribution in [2.45, 2.75) is 0 Å². The molecule has 0 N–H and O–H groups in total. The van der Waals surface area contributed by atoms with Crippen molar-refractivity contribution in [1.82, 2.24) is 4.98 Å². The number of hydrogen-bond acceptors (Lipinski definition) is 2. The number of carbonyl (C=O) groups excluding carboxylic acids is 1. The summed E-state index contributed by atoms with van der Waals surface area (Å²) in [6.45, 7) is 0. The average Bonchev–Trinajstić information content (AvgIpc) is 1.88. The SMILES string of the molecule is O=[C]c1cccc(Br)n1. The van der Waals surface area contributed by atoms with E-state index in [1.165, 1.54) is 0 Å². The lowest BCUT2D eigenvalue weighted by Crippen LogP contribution is -1.84. The smallest absolute Gasteiger partial charge is 0.253 e. The fraction of sp³-hybridized carbons (Fsp3) is 0. The van der Waals surface area contributed by atoms with Crippen molar-refractivity contribution in [3.8, 4) is 0 Å². The number of nitrogens with zero attached hydrogens (tertiary/aromatic N) is 1. The Morgan fingerprint density at radius 1 is 1.56 bits per heavy atom. The molecule has 0 amide bonds. The van der Waals surface area contributed by atoms with E-state index in [1.807, 2.05) is 0 Å². The maximum absolute atomic E-state index is 9.95. The molecule has 3 heteroatoms. The number of rotatable bonds is 1. The molecule has 1 aromatic heterocycles. The van der Waals surface area contributed by atoms with Gasteiger partial charge >= 0.3 is 0 Å². The van der Waals surface area contributed by atoms with Crippen LogP contribution in [0.4, 0.5) is 0 Å². The van der Waals surface area contributed by atoms with E-state index < -0.39 is 0 Å². The first kappa shape index (κ1) is 6.42. The summed E-state index contributed by atoms with van der Waals surface area (Å²) in [4.78, 5) is 13.7. The molecular weight excluding hydrogens is 182 g/mol. The molecule has 1 radical (unpaired) electrons. The van der Waals surface area contributed by atoms with Crippen LogP contribution in [0.5, 0.6) is 0 Å². The van der Waals surface area contributed by atoms with Crippen molar-refractivity contribution < 1.29 is 4.79 Å². The normalized spacial score (nSPS) is 9.00. The van der Waals surface area contributed by atoms with Gasteiger partial charge in [0.15, 0.2) is 0 Å². The van der Waals surface area contributed by atoms with Crippen LogP contribution >= 0.6 is 15.9 Å². The Hall–Kier alpha value is -0.700. The van der Waals surface area contributed by atoms with Crippen LogP contribution in [0, 0.1) is 0 Å². The van der Waals surface area contributed by atoms with Gasteiger partial charge in [0, 0.05) is 0 Å². The monoisotopic (exact) mass is 184 g/mol. The van der Waals surface area contributed by atoms with Gasteiger partial charge in [0.1, 0.15) is 10.3 Å². The Morgan fingerprint density at radius 2 is 2.33 bits per heavy atom. The Bertz CT molecular complexity index is 224. The van der Waals surface area contributed by atoms with Gasteiger partial charge in [0.25, 0.3) is 6.29 Å². The molecule has 1 aromatic rings. The molecule has 1 heterocycles. The van der Waals surface area contributed by atoms with Crippen LogP contribution in [0.2, 0.25) is 0 Å². The first-order valence-electron chi connectivity index (χ1n) is 2.33. The zero-order chi connectivity index (χ0) is 6.69. The van der Waals surface area contributed by atoms with Gasteiger partial charge in [-0.05, 0) is 28.1 Å². The molecule has 0 aromatic carbocycles. The predicted molar refractivity (Wildman–Crippen MR) is 36.7 cm³/mol. The molecule has 2 nitrogen and oxygen atoms in total. The van der Waals surface area contributed by atoms with Crippen molar-refractivity contribution in [3.05, 3.63) is 28.5 Å². The molecule has 0 atom stereocenters. The highest BCUT2D eigenvalue weighted by atomic mass is 79.9. The fourth-order valence-corrected chi connectivity index (χ4v) is 0.809. The minimum absolute atomic E-state index is 0.323. The van der Waals surface area contributed by atoms with E-state index in [4.69, 9.17) is 0 Å². The van der Waals surface area contributed by atoms with Crippen LogP contribution in [-0.4, -0.2) is 11.3 Å². The summed E-state index contributed by atoms with van der Waals surface area (Å²) in [6.07, 6.45) is 1.68. The number of hydrogen-bond donors (Lipinski definition) is 0. The molecule has 0 aliphatic heterocycles. The van der Waals surface area contributed by atoms with Gasteiger partial charge in [-0.25, -0.2) is 4.98 Å². The van der Waals surface area contributed by atoms with E-state index in [9.17, 15) is 4.79 Å². The lowest BCUT2D eigenvalue weighted by atomic mass is 10.4. The van der Waals surface area contributed by atoms with E-state index in [2.05, 4.69) is 20.9 Å². The summed E-state index contributed by atoms with van der Waals surface area (Å²) in [7, 11) is 0. The molecular formula is C6H3BrNO. The zero-order valence-electron chi connectivity index (χ0n) is 4.47. The van der Waals surface area contributed by atoms with Crippen molar-refractivity contribution in [1.29, 1.82) is 0 Å². The van der Waals surface area contributed by atoms with Crippen molar-refractivity contribution in [3.63, 3.8) is 0 Å². The van der Waals surface area contributed by atoms with Crippen molar-refractivity contribution >= 4 is 22.2 Å². The first-order chi connectivity index (χ1) is 4.33. The Balaban J connectivity index is 3.07. The summed E-state index contributed by atoms with van der Waals surface area (Å²) in [5, 5.41) is 0. The third kappa shape index (κ3) is 1.61. The van der Waals surface area contributed by atoms with Gasteiger partial charge in [-0.2, -0.15) is 0 Å². The highest BCUT2D eigenvalue weighted by Gasteiger charge is 1.90. The zero-order valence-corrected chi connectivity index (χ0v) is 6.05. The molecule has 45 valence electrons. The van der Waals surface area contributed by atoms with E-state index in [-0.39, 0.29) is 0 Å². The minimum atomic E-state index is 0.323. The molecule has 0 saturated heterocycles. The maximum atomic E-state index is 9.95. The van der Waals surface area contributed by atoms with Gasteiger partial charge in [0.05, 0.1) is 0 Å². The predicted octanol–water partition coefficient (Wildman–Crippen LogP) is 1.30. The maximum Gasteiger partial charge on any atom is 0.253 e. The van der Waals surface area contributed by atoms with Crippen LogP contribution in [0.15, 0.2) is 22.8 Å². The van der Waals surface area contributed by atoms with Crippen LogP contribution in [0.25, 0.3) is 0 Å². The third-order valence-corrected chi connectivity index (χ3v) is 1.26. The van der Waals surface area contributed by atoms with Gasteiger partial charge in [0.2, 0.25) is 0 Å². The third-order valence-electron chi connectivity index (χ3n) is 0.820. The Morgan fingerprint density at radius 3 is 2.78 bits per heavy atom. The standard InChI is InChI=1S/C6H3BrNO/c7-6-3-1-2-5(4-9)8-6/h1-3H. The van der Waals surface area contributed by atoms with Crippen molar-refractivity contribution in [2.24, 2.45) is 0 Å². The Kier molecular flexibility index (Phi) is 1.95. The van der Waals surface area contributed by atoms with Gasteiger partial charge in [-0.3, -0.25) is 4.79 Å². The second-order valence-corrected chi connectivity index (χ2v) is 2.26. The van der Waals surface area contributed by atoms with Crippen LogP contribution in [0.3, 0.4) is 0 Å². The average molecular weight is 185 g/mol. The summed E-state index contributed by atoms with van der Waals surface area (Å²) in [6, 6.07) is 5.08. The lowest BCUT2D eigenvalue weighted by Gasteiger charge is -1.86. The van der Waals surface area contributed by atoms with Gasteiger partial charge in [-0.1, -0.05) is 6.07 Å². The van der Waals surface area contributed by atoms with E-state index in [0.29, 0.717) is 10.3 Å². The van der Waals surface area contributed by atoms with Crippen molar-refractivity contribution in [2.75, 3.05) is 0 Å². The quantitative estimate of drug-likeness (QED) is 0.617. The van der Waals surface area contributed by atoms with Crippen LogP contribution in [-0.2, 0) is 4.79 Å². The fourth-order valence-electron chi connectivity index (χ4n) is 0.465. The molecule has 0 unspecified atom stereocenters. The topological polar surface area (TPSA) is 30.0 Å². The second-order valence-electron chi connectivity index (χ2n) is 1.45. The number of aromatic nitrogens is 1. The molecule has 0 saturated carbocycles. The highest BCUT2D eigenvalue weighted by Crippen LogP contribution is 2.03. The Labute approximate surface area is 61.0 Å². The lowest BCUT2D eigenvalue weighted by molar-refractivity contribution is 0.561. The van der Waals surface area contributed by atoms with Gasteiger partial charge < -0.3 is 0 Å². The van der Waals surface area contributed by atoms with Crippen LogP contribution < -0.4 is 0 Å². The minimum Gasteiger partial charge on any atom is -0.283 e. The summed E-state index contributed by atoms with van der Waals surface area (Å²) < 4.78 is 0.656. The highest BCUT2D eigenvalue weighted by molar-refractivity contribution is 9.10. The molecule has 0 aliphatic rings. The van der Waals surface area contributed by atoms with Crippen LogP contribution in [0.1, 0.15) is 5.69 Å². The van der Waals surface area contributed by atoms with E-state index in [0.717, 1.165) is 0 Å².